The van der Waals surface area contributed by atoms with Crippen LogP contribution in [0.15, 0.2) is 48.5 Å². The maximum atomic E-state index is 15.0. The number of esters is 1. The summed E-state index contributed by atoms with van der Waals surface area (Å²) in [5.41, 5.74) is -2.73. The molecule has 33 heavy (non-hydrogen) atoms. The second-order valence-electron chi connectivity index (χ2n) is 6.94. The number of anilines is 1. The van der Waals surface area contributed by atoms with Crippen LogP contribution in [0, 0.1) is 21.7 Å². The van der Waals surface area contributed by atoms with E-state index in [1.54, 1.807) is 5.32 Å². The fraction of sp³-hybridized carbons (Fsp3) is 0.182. The smallest absolute Gasteiger partial charge is 0.350 e. The normalized spacial score (nSPS) is 11.3. The highest BCUT2D eigenvalue weighted by atomic mass is 19.3. The van der Waals surface area contributed by atoms with Gasteiger partial charge in [-0.3, -0.25) is 19.7 Å². The van der Waals surface area contributed by atoms with Crippen molar-refractivity contribution in [2.24, 2.45) is 0 Å². The van der Waals surface area contributed by atoms with Crippen molar-refractivity contribution in [3.05, 3.63) is 81.4 Å². The number of ether oxygens (including phenoxy) is 1. The van der Waals surface area contributed by atoms with Crippen LogP contribution < -0.4 is 5.32 Å². The van der Waals surface area contributed by atoms with Crippen LogP contribution in [0.25, 0.3) is 10.8 Å². The Kier molecular flexibility index (Phi) is 6.61. The number of hydrogen-bond donors (Lipinski definition) is 1. The van der Waals surface area contributed by atoms with Crippen molar-refractivity contribution in [3.8, 4) is 0 Å². The molecular formula is C22H16F4N2O5. The van der Waals surface area contributed by atoms with Gasteiger partial charge in [-0.15, -0.1) is 0 Å². The third-order valence-corrected chi connectivity index (χ3v) is 4.82. The third-order valence-electron chi connectivity index (χ3n) is 4.82. The summed E-state index contributed by atoms with van der Waals surface area (Å²) in [5.74, 6) is -8.89. The van der Waals surface area contributed by atoms with Gasteiger partial charge in [-0.25, -0.2) is 8.78 Å². The van der Waals surface area contributed by atoms with Crippen LogP contribution in [-0.4, -0.2) is 23.4 Å². The molecule has 0 aliphatic carbocycles. The number of benzene rings is 3. The van der Waals surface area contributed by atoms with E-state index in [4.69, 9.17) is 0 Å². The maximum Gasteiger partial charge on any atom is 0.350 e. The number of nitrogens with zero attached hydrogens (tertiary/aromatic N) is 1. The van der Waals surface area contributed by atoms with Crippen molar-refractivity contribution >= 4 is 34.0 Å². The van der Waals surface area contributed by atoms with Gasteiger partial charge >= 0.3 is 11.9 Å². The lowest BCUT2D eigenvalue weighted by atomic mass is 9.98. The van der Waals surface area contributed by atoms with Crippen LogP contribution in [0.3, 0.4) is 0 Å². The van der Waals surface area contributed by atoms with E-state index in [1.807, 2.05) is 0 Å². The molecule has 0 aromatic heterocycles. The predicted octanol–water partition coefficient (Wildman–Crippen LogP) is 4.86. The molecule has 0 fully saturated rings. The first-order valence-corrected chi connectivity index (χ1v) is 9.50. The molecule has 3 aromatic rings. The molecule has 3 aromatic carbocycles. The summed E-state index contributed by atoms with van der Waals surface area (Å²) >= 11 is 0. The summed E-state index contributed by atoms with van der Waals surface area (Å²) in [7, 11) is 0. The average molecular weight is 464 g/mol. The van der Waals surface area contributed by atoms with Gasteiger partial charge in [-0.05, 0) is 23.6 Å². The third kappa shape index (κ3) is 4.76. The molecule has 172 valence electrons. The van der Waals surface area contributed by atoms with Crippen LogP contribution in [0.4, 0.5) is 28.9 Å². The lowest BCUT2D eigenvalue weighted by Gasteiger charge is -2.19. The SMILES string of the molecule is CC(=O)OCCc1c([N+](=O)[O-])ccc(NC(=O)C(F)(F)c2ccc(F)c3ccccc23)c1F. The Morgan fingerprint density at radius 2 is 1.73 bits per heavy atom. The summed E-state index contributed by atoms with van der Waals surface area (Å²) < 4.78 is 63.6. The van der Waals surface area contributed by atoms with Crippen LogP contribution in [-0.2, 0) is 26.7 Å². The molecular weight excluding hydrogens is 448 g/mol. The Bertz CT molecular complexity index is 1260. The molecule has 0 unspecified atom stereocenters. The van der Waals surface area contributed by atoms with Crippen molar-refractivity contribution < 1.29 is 36.8 Å². The number of carbonyl (C=O) groups is 2. The van der Waals surface area contributed by atoms with Crippen LogP contribution >= 0.6 is 0 Å². The van der Waals surface area contributed by atoms with Gasteiger partial charge in [0.25, 0.3) is 11.6 Å². The minimum absolute atomic E-state index is 0.128. The largest absolute Gasteiger partial charge is 0.466 e. The van der Waals surface area contributed by atoms with Gasteiger partial charge in [0.05, 0.1) is 22.8 Å². The molecule has 0 saturated heterocycles. The fourth-order valence-corrected chi connectivity index (χ4v) is 3.27. The van der Waals surface area contributed by atoms with Crippen molar-refractivity contribution in [3.63, 3.8) is 0 Å². The van der Waals surface area contributed by atoms with Crippen molar-refractivity contribution in [1.29, 1.82) is 0 Å². The van der Waals surface area contributed by atoms with E-state index in [1.165, 1.54) is 24.3 Å². The number of alkyl halides is 2. The second kappa shape index (κ2) is 9.23. The molecule has 0 bridgehead atoms. The van der Waals surface area contributed by atoms with Gasteiger partial charge in [0.2, 0.25) is 0 Å². The number of halogens is 4. The van der Waals surface area contributed by atoms with Crippen molar-refractivity contribution in [2.75, 3.05) is 11.9 Å². The summed E-state index contributed by atoms with van der Waals surface area (Å²) in [4.78, 5) is 33.6. The molecule has 0 spiro atoms. The highest BCUT2D eigenvalue weighted by molar-refractivity contribution is 6.00. The molecule has 0 radical (unpaired) electrons. The molecule has 0 atom stereocenters. The first-order valence-electron chi connectivity index (χ1n) is 9.50. The molecule has 1 N–H and O–H groups in total. The Hall–Kier alpha value is -4.02. The van der Waals surface area contributed by atoms with E-state index in [2.05, 4.69) is 4.74 Å². The second-order valence-corrected chi connectivity index (χ2v) is 6.94. The number of nitro groups is 1. The topological polar surface area (TPSA) is 98.5 Å². The average Bonchev–Trinajstić information content (AvgIpc) is 2.76. The number of nitrogens with one attached hydrogen (secondary N) is 1. The molecule has 3 rings (SSSR count). The number of hydrogen-bond acceptors (Lipinski definition) is 5. The standard InChI is InChI=1S/C22H16F4N2O5/c1-12(29)33-11-10-15-19(28(31)32)9-8-18(20(15)24)27-21(30)22(25,26)16-6-7-17(23)14-5-3-2-4-13(14)16/h2-9H,10-11H2,1H3,(H,27,30). The van der Waals surface area contributed by atoms with Crippen molar-refractivity contribution in [1.82, 2.24) is 0 Å². The molecule has 0 aliphatic heterocycles. The zero-order valence-electron chi connectivity index (χ0n) is 17.0. The Balaban J connectivity index is 1.96. The zero-order chi connectivity index (χ0) is 24.3. The Morgan fingerprint density at radius 3 is 2.36 bits per heavy atom. The highest BCUT2D eigenvalue weighted by Crippen LogP contribution is 2.36. The van der Waals surface area contributed by atoms with Gasteiger partial charge in [0.1, 0.15) is 5.82 Å². The first-order chi connectivity index (χ1) is 15.5. The van der Waals surface area contributed by atoms with Gasteiger partial charge in [0.15, 0.2) is 5.82 Å². The Morgan fingerprint density at radius 1 is 1.06 bits per heavy atom. The zero-order valence-corrected chi connectivity index (χ0v) is 17.0. The number of rotatable bonds is 7. The molecule has 1 amide bonds. The van der Waals surface area contributed by atoms with Crippen LogP contribution in [0.2, 0.25) is 0 Å². The summed E-state index contributed by atoms with van der Waals surface area (Å²) in [6.45, 7) is 0.685. The molecule has 0 aliphatic rings. The minimum atomic E-state index is -4.20. The lowest BCUT2D eigenvalue weighted by Crippen LogP contribution is -2.33. The number of nitro benzene ring substituents is 1. The molecule has 11 heteroatoms. The van der Waals surface area contributed by atoms with Gasteiger partial charge in [0, 0.05) is 30.4 Å². The van der Waals surface area contributed by atoms with E-state index in [-0.39, 0.29) is 10.8 Å². The lowest BCUT2D eigenvalue weighted by molar-refractivity contribution is -0.385. The van der Waals surface area contributed by atoms with E-state index in [0.717, 1.165) is 31.2 Å². The number of fused-ring (bicyclic) bond motifs is 1. The van der Waals surface area contributed by atoms with E-state index < -0.39 is 69.9 Å². The van der Waals surface area contributed by atoms with Crippen molar-refractivity contribution in [2.45, 2.75) is 19.3 Å². The van der Waals surface area contributed by atoms with Crippen LogP contribution in [0.1, 0.15) is 18.1 Å². The van der Waals surface area contributed by atoms with E-state index in [9.17, 15) is 28.5 Å². The number of amides is 1. The van der Waals surface area contributed by atoms with E-state index >= 15 is 8.78 Å². The quantitative estimate of drug-likeness (QED) is 0.233. The Labute approximate surface area is 184 Å². The molecule has 0 saturated carbocycles. The predicted molar refractivity (Wildman–Crippen MR) is 110 cm³/mol. The maximum absolute atomic E-state index is 15.0. The number of carbonyl (C=O) groups excluding carboxylic acids is 2. The van der Waals surface area contributed by atoms with Gasteiger partial charge in [-0.2, -0.15) is 8.78 Å². The highest BCUT2D eigenvalue weighted by Gasteiger charge is 2.43. The first kappa shape index (κ1) is 23.6. The molecule has 0 heterocycles. The summed E-state index contributed by atoms with van der Waals surface area (Å²) in [6, 6.07) is 8.49. The molecule has 7 nitrogen and oxygen atoms in total. The minimum Gasteiger partial charge on any atom is -0.466 e. The monoisotopic (exact) mass is 464 g/mol. The summed E-state index contributed by atoms with van der Waals surface area (Å²) in [5, 5.41) is 12.6. The van der Waals surface area contributed by atoms with Crippen LogP contribution in [0.5, 0.6) is 0 Å². The fourth-order valence-electron chi connectivity index (χ4n) is 3.27. The van der Waals surface area contributed by atoms with E-state index in [0.29, 0.717) is 0 Å². The van der Waals surface area contributed by atoms with Gasteiger partial charge < -0.3 is 10.1 Å². The summed E-state index contributed by atoms with van der Waals surface area (Å²) in [6.07, 6.45) is -0.426. The van der Waals surface area contributed by atoms with Gasteiger partial charge in [-0.1, -0.05) is 24.3 Å².